The average molecular weight is 321 g/mol. The highest BCUT2D eigenvalue weighted by molar-refractivity contribution is 6.35. The maximum Gasteiger partial charge on any atom is 0.337 e. The third kappa shape index (κ3) is 2.60. The number of rotatable bonds is 3. The number of carbonyl (C=O) groups is 2. The number of fused-ring (bicyclic) bond motifs is 1. The number of aliphatic hydroxyl groups excluding tert-OH is 1. The van der Waals surface area contributed by atoms with Crippen molar-refractivity contribution >= 4 is 28.9 Å². The van der Waals surface area contributed by atoms with Crippen molar-refractivity contribution in [3.63, 3.8) is 0 Å². The van der Waals surface area contributed by atoms with Crippen LogP contribution in [0.25, 0.3) is 5.76 Å². The Bertz CT molecular complexity index is 892. The minimum absolute atomic E-state index is 0.0527. The lowest BCUT2D eigenvalue weighted by atomic mass is 10.1. The molecule has 24 heavy (non-hydrogen) atoms. The van der Waals surface area contributed by atoms with Crippen LogP contribution in [0.2, 0.25) is 0 Å². The molecule has 0 spiro atoms. The number of hydrogen-bond donors (Lipinski definition) is 1. The van der Waals surface area contributed by atoms with E-state index in [1.54, 1.807) is 55.5 Å². The van der Waals surface area contributed by atoms with Crippen molar-refractivity contribution in [3.8, 4) is 0 Å². The number of benzene rings is 2. The topological polar surface area (TPSA) is 76.0 Å². The van der Waals surface area contributed by atoms with Crippen LogP contribution in [0, 0.1) is 0 Å². The van der Waals surface area contributed by atoms with Crippen molar-refractivity contribution in [1.82, 2.24) is 0 Å². The molecule has 0 saturated heterocycles. The summed E-state index contributed by atoms with van der Waals surface area (Å²) in [6.45, 7) is 1.67. The number of nitrogens with zero attached hydrogens (tertiary/aromatic N) is 1. The number of Topliss-reactive ketones (excluding diaryl/α,β-unsaturated/α-hetero) is 1. The maximum atomic E-state index is 12.5. The van der Waals surface area contributed by atoms with E-state index in [-0.39, 0.29) is 17.1 Å². The Balaban J connectivity index is 1.94. The lowest BCUT2D eigenvalue weighted by Gasteiger charge is -2.03. The predicted molar refractivity (Wildman–Crippen MR) is 90.9 cm³/mol. The predicted octanol–water partition coefficient (Wildman–Crippen LogP) is 3.73. The number of hydrogen-bond acceptors (Lipinski definition) is 5. The van der Waals surface area contributed by atoms with Gasteiger partial charge in [-0.25, -0.2) is 4.79 Å². The van der Waals surface area contributed by atoms with Crippen LogP contribution in [-0.4, -0.2) is 29.7 Å². The molecule has 0 radical (unpaired) electrons. The summed E-state index contributed by atoms with van der Waals surface area (Å²) in [6.07, 6.45) is 0. The minimum Gasteiger partial charge on any atom is -0.506 e. The van der Waals surface area contributed by atoms with Gasteiger partial charge in [-0.3, -0.25) is 9.79 Å². The van der Waals surface area contributed by atoms with Gasteiger partial charge in [0.25, 0.3) is 0 Å². The van der Waals surface area contributed by atoms with Gasteiger partial charge in [-0.1, -0.05) is 24.3 Å². The summed E-state index contributed by atoms with van der Waals surface area (Å²) in [7, 11) is 1.32. The van der Waals surface area contributed by atoms with Crippen LogP contribution < -0.4 is 0 Å². The van der Waals surface area contributed by atoms with Crippen LogP contribution in [-0.2, 0) is 4.74 Å². The van der Waals surface area contributed by atoms with Crippen molar-refractivity contribution in [2.45, 2.75) is 6.92 Å². The van der Waals surface area contributed by atoms with Crippen molar-refractivity contribution < 1.29 is 19.4 Å². The molecule has 0 atom stereocenters. The van der Waals surface area contributed by atoms with Crippen LogP contribution in [0.3, 0.4) is 0 Å². The highest BCUT2D eigenvalue weighted by atomic mass is 16.5. The molecule has 0 aliphatic heterocycles. The number of methoxy groups -OCH3 is 1. The van der Waals surface area contributed by atoms with E-state index in [0.717, 1.165) is 0 Å². The molecule has 0 saturated carbocycles. The zero-order chi connectivity index (χ0) is 17.3. The number of aliphatic hydroxyl groups is 1. The Hall–Kier alpha value is -3.21. The van der Waals surface area contributed by atoms with Crippen molar-refractivity contribution in [3.05, 3.63) is 70.8 Å². The smallest absolute Gasteiger partial charge is 0.337 e. The van der Waals surface area contributed by atoms with Crippen LogP contribution in [0.1, 0.15) is 33.2 Å². The highest BCUT2D eigenvalue weighted by Gasteiger charge is 2.30. The number of allylic oxidation sites excluding steroid dienone is 1. The first-order valence-electron chi connectivity index (χ1n) is 7.34. The first kappa shape index (κ1) is 15.7. The van der Waals surface area contributed by atoms with Crippen molar-refractivity contribution in [1.29, 1.82) is 0 Å². The van der Waals surface area contributed by atoms with Crippen LogP contribution in [0.5, 0.6) is 0 Å². The summed E-state index contributed by atoms with van der Waals surface area (Å²) in [5.74, 6) is -0.720. The molecule has 120 valence electrons. The summed E-state index contributed by atoms with van der Waals surface area (Å²) in [5, 5.41) is 10.3. The molecule has 1 N–H and O–H groups in total. The number of esters is 1. The SMILES string of the molecule is COC(=O)c1ccc(N=C(C)C2=C(O)c3ccccc3C2=O)cc1. The summed E-state index contributed by atoms with van der Waals surface area (Å²) in [5.41, 5.74) is 2.60. The fourth-order valence-electron chi connectivity index (χ4n) is 2.64. The van der Waals surface area contributed by atoms with E-state index < -0.39 is 5.97 Å². The molecule has 5 nitrogen and oxygen atoms in total. The Morgan fingerprint density at radius 3 is 2.25 bits per heavy atom. The largest absolute Gasteiger partial charge is 0.506 e. The van der Waals surface area contributed by atoms with Gasteiger partial charge in [-0.2, -0.15) is 0 Å². The van der Waals surface area contributed by atoms with E-state index >= 15 is 0 Å². The molecule has 0 aromatic heterocycles. The van der Waals surface area contributed by atoms with Gasteiger partial charge in [0.05, 0.1) is 29.6 Å². The molecule has 0 fully saturated rings. The standard InChI is InChI=1S/C19H15NO4/c1-11(20-13-9-7-12(8-10-13)19(23)24-2)16-17(21)14-5-3-4-6-15(14)18(16)22/h3-10,21H,1-2H3. The van der Waals surface area contributed by atoms with Gasteiger partial charge in [0, 0.05) is 11.1 Å². The molecule has 0 unspecified atom stereocenters. The first-order valence-corrected chi connectivity index (χ1v) is 7.34. The molecule has 5 heteroatoms. The zero-order valence-electron chi connectivity index (χ0n) is 13.2. The Kier molecular flexibility index (Phi) is 4.00. The van der Waals surface area contributed by atoms with E-state index in [1.165, 1.54) is 7.11 Å². The van der Waals surface area contributed by atoms with Gasteiger partial charge in [0.1, 0.15) is 5.76 Å². The van der Waals surface area contributed by atoms with Gasteiger partial charge in [-0.15, -0.1) is 0 Å². The number of ether oxygens (including phenoxy) is 1. The average Bonchev–Trinajstić information content (AvgIpc) is 2.86. The van der Waals surface area contributed by atoms with Gasteiger partial charge in [-0.05, 0) is 31.2 Å². The van der Waals surface area contributed by atoms with Crippen LogP contribution in [0.4, 0.5) is 5.69 Å². The van der Waals surface area contributed by atoms with E-state index in [9.17, 15) is 14.7 Å². The quantitative estimate of drug-likeness (QED) is 0.690. The molecule has 1 aliphatic rings. The van der Waals surface area contributed by atoms with E-state index in [1.807, 2.05) is 0 Å². The molecular formula is C19H15NO4. The lowest BCUT2D eigenvalue weighted by molar-refractivity contribution is 0.0600. The van der Waals surface area contributed by atoms with E-state index in [0.29, 0.717) is 28.1 Å². The van der Waals surface area contributed by atoms with Crippen LogP contribution >= 0.6 is 0 Å². The second-order valence-corrected chi connectivity index (χ2v) is 5.33. The van der Waals surface area contributed by atoms with E-state index in [2.05, 4.69) is 9.73 Å². The Labute approximate surface area is 138 Å². The van der Waals surface area contributed by atoms with Gasteiger partial charge in [0.2, 0.25) is 0 Å². The fraction of sp³-hybridized carbons (Fsp3) is 0.105. The highest BCUT2D eigenvalue weighted by Crippen LogP contribution is 2.32. The van der Waals surface area contributed by atoms with Gasteiger partial charge >= 0.3 is 5.97 Å². The third-order valence-electron chi connectivity index (χ3n) is 3.84. The van der Waals surface area contributed by atoms with Gasteiger partial charge in [0.15, 0.2) is 5.78 Å². The Morgan fingerprint density at radius 2 is 1.67 bits per heavy atom. The molecule has 2 aromatic carbocycles. The molecular weight excluding hydrogens is 306 g/mol. The number of ketones is 1. The summed E-state index contributed by atoms with van der Waals surface area (Å²) >= 11 is 0. The molecule has 2 aromatic rings. The van der Waals surface area contributed by atoms with Crippen molar-refractivity contribution in [2.75, 3.05) is 7.11 Å². The maximum absolute atomic E-state index is 12.5. The third-order valence-corrected chi connectivity index (χ3v) is 3.84. The summed E-state index contributed by atoms with van der Waals surface area (Å²) in [4.78, 5) is 28.3. The zero-order valence-corrected chi connectivity index (χ0v) is 13.2. The van der Waals surface area contributed by atoms with Gasteiger partial charge < -0.3 is 9.84 Å². The second kappa shape index (κ2) is 6.12. The molecule has 0 heterocycles. The number of carbonyl (C=O) groups excluding carboxylic acids is 2. The molecule has 3 rings (SSSR count). The summed E-state index contributed by atoms with van der Waals surface area (Å²) < 4.78 is 4.64. The van der Waals surface area contributed by atoms with E-state index in [4.69, 9.17) is 0 Å². The minimum atomic E-state index is -0.427. The Morgan fingerprint density at radius 1 is 1.04 bits per heavy atom. The summed E-state index contributed by atoms with van der Waals surface area (Å²) in [6, 6.07) is 13.4. The first-order chi connectivity index (χ1) is 11.5. The van der Waals surface area contributed by atoms with Crippen molar-refractivity contribution in [2.24, 2.45) is 4.99 Å². The number of aliphatic imine (C=N–C) groups is 1. The lowest BCUT2D eigenvalue weighted by Crippen LogP contribution is -2.07. The normalized spacial score (nSPS) is 13.9. The molecule has 1 aliphatic carbocycles. The molecule has 0 amide bonds. The van der Waals surface area contributed by atoms with Crippen LogP contribution in [0.15, 0.2) is 59.1 Å². The fourth-order valence-corrected chi connectivity index (χ4v) is 2.64. The monoisotopic (exact) mass is 321 g/mol. The second-order valence-electron chi connectivity index (χ2n) is 5.33. The molecule has 0 bridgehead atoms.